The molecule has 108 valence electrons. The molecule has 2 unspecified atom stereocenters. The van der Waals surface area contributed by atoms with E-state index in [0.717, 1.165) is 19.0 Å². The van der Waals surface area contributed by atoms with E-state index < -0.39 is 0 Å². The lowest BCUT2D eigenvalue weighted by Gasteiger charge is -2.38. The summed E-state index contributed by atoms with van der Waals surface area (Å²) in [6.45, 7) is 8.55. The zero-order valence-electron chi connectivity index (χ0n) is 12.2. The van der Waals surface area contributed by atoms with E-state index in [9.17, 15) is 4.79 Å². The number of rotatable bonds is 5. The molecule has 2 atom stereocenters. The second-order valence-corrected chi connectivity index (χ2v) is 6.44. The highest BCUT2D eigenvalue weighted by Crippen LogP contribution is 2.42. The van der Waals surface area contributed by atoms with Gasteiger partial charge in [0.25, 0.3) is 0 Å². The number of hydrogen-bond donors (Lipinski definition) is 2. The van der Waals surface area contributed by atoms with Gasteiger partial charge in [0.1, 0.15) is 0 Å². The Hall–Kier alpha value is -0.280. The van der Waals surface area contributed by atoms with E-state index in [-0.39, 0.29) is 18.3 Å². The van der Waals surface area contributed by atoms with E-state index in [2.05, 4.69) is 31.4 Å². The van der Waals surface area contributed by atoms with Gasteiger partial charge in [0.2, 0.25) is 5.91 Å². The van der Waals surface area contributed by atoms with Crippen LogP contribution in [0.4, 0.5) is 0 Å². The Kier molecular flexibility index (Phi) is 7.88. The number of likely N-dealkylation sites (N-methyl/N-ethyl adjacent to an activating group) is 1. The quantitative estimate of drug-likeness (QED) is 0.758. The molecule has 1 saturated carbocycles. The van der Waals surface area contributed by atoms with Gasteiger partial charge in [-0.05, 0) is 43.6 Å². The molecule has 1 aliphatic rings. The van der Waals surface area contributed by atoms with Gasteiger partial charge in [0.05, 0.1) is 0 Å². The Morgan fingerprint density at radius 3 is 2.50 bits per heavy atom. The van der Waals surface area contributed by atoms with Crippen molar-refractivity contribution in [2.45, 2.75) is 46.5 Å². The molecule has 1 fully saturated rings. The van der Waals surface area contributed by atoms with Gasteiger partial charge < -0.3 is 10.6 Å². The predicted octanol–water partition coefficient (Wildman–Crippen LogP) is 2.60. The van der Waals surface area contributed by atoms with Crippen LogP contribution in [0.1, 0.15) is 46.5 Å². The Balaban J connectivity index is 0.00000289. The largest absolute Gasteiger partial charge is 0.355 e. The standard InChI is InChI=1S/C14H28N2O.ClH/c1-11-7-12(10-14(2,3)9-11)8-13(17)16-6-5-15-4;/h11-12,15H,5-10H2,1-4H3,(H,16,17);1H. The topological polar surface area (TPSA) is 41.1 Å². The summed E-state index contributed by atoms with van der Waals surface area (Å²) in [5.41, 5.74) is 0.410. The van der Waals surface area contributed by atoms with Crippen LogP contribution < -0.4 is 10.6 Å². The molecule has 0 aromatic carbocycles. The van der Waals surface area contributed by atoms with Gasteiger partial charge in [-0.1, -0.05) is 20.8 Å². The molecule has 18 heavy (non-hydrogen) atoms. The van der Waals surface area contributed by atoms with Gasteiger partial charge in [0, 0.05) is 19.5 Å². The molecule has 0 aromatic heterocycles. The number of carbonyl (C=O) groups excluding carboxylic acids is 1. The summed E-state index contributed by atoms with van der Waals surface area (Å²) in [6, 6.07) is 0. The van der Waals surface area contributed by atoms with E-state index in [1.165, 1.54) is 19.3 Å². The highest BCUT2D eigenvalue weighted by molar-refractivity contribution is 5.85. The first kappa shape index (κ1) is 17.7. The fourth-order valence-corrected chi connectivity index (χ4v) is 3.36. The normalized spacial score (nSPS) is 26.2. The van der Waals surface area contributed by atoms with Crippen LogP contribution in [0.5, 0.6) is 0 Å². The first-order valence-electron chi connectivity index (χ1n) is 6.84. The third-order valence-electron chi connectivity index (χ3n) is 3.65. The number of nitrogens with one attached hydrogen (secondary N) is 2. The molecule has 2 N–H and O–H groups in total. The molecule has 0 radical (unpaired) electrons. The number of amides is 1. The second-order valence-electron chi connectivity index (χ2n) is 6.44. The fourth-order valence-electron chi connectivity index (χ4n) is 3.36. The third-order valence-corrected chi connectivity index (χ3v) is 3.65. The average Bonchev–Trinajstić information content (AvgIpc) is 2.14. The average molecular weight is 277 g/mol. The highest BCUT2D eigenvalue weighted by Gasteiger charge is 2.32. The smallest absolute Gasteiger partial charge is 0.220 e. The maximum Gasteiger partial charge on any atom is 0.220 e. The molecule has 0 aliphatic heterocycles. The van der Waals surface area contributed by atoms with Gasteiger partial charge in [-0.25, -0.2) is 0 Å². The van der Waals surface area contributed by atoms with Crippen LogP contribution in [0.25, 0.3) is 0 Å². The fraction of sp³-hybridized carbons (Fsp3) is 0.929. The summed E-state index contributed by atoms with van der Waals surface area (Å²) in [6.07, 6.45) is 4.40. The first-order valence-corrected chi connectivity index (χ1v) is 6.84. The van der Waals surface area contributed by atoms with Crippen molar-refractivity contribution in [1.29, 1.82) is 0 Å². The lowest BCUT2D eigenvalue weighted by atomic mass is 9.67. The number of carbonyl (C=O) groups is 1. The van der Waals surface area contributed by atoms with Gasteiger partial charge in [0.15, 0.2) is 0 Å². The Bertz CT molecular complexity index is 256. The van der Waals surface area contributed by atoms with Crippen LogP contribution >= 0.6 is 12.4 Å². The molecule has 0 heterocycles. The molecule has 0 spiro atoms. The highest BCUT2D eigenvalue weighted by atomic mass is 35.5. The summed E-state index contributed by atoms with van der Waals surface area (Å²) < 4.78 is 0. The van der Waals surface area contributed by atoms with E-state index in [1.807, 2.05) is 7.05 Å². The van der Waals surface area contributed by atoms with Gasteiger partial charge >= 0.3 is 0 Å². The Labute approximate surface area is 118 Å². The van der Waals surface area contributed by atoms with Gasteiger partial charge in [-0.15, -0.1) is 12.4 Å². The maximum absolute atomic E-state index is 11.8. The van der Waals surface area contributed by atoms with Crippen LogP contribution in [0.15, 0.2) is 0 Å². The van der Waals surface area contributed by atoms with Crippen LogP contribution in [0.2, 0.25) is 0 Å². The monoisotopic (exact) mass is 276 g/mol. The summed E-state index contributed by atoms with van der Waals surface area (Å²) in [5, 5.41) is 6.00. The minimum atomic E-state index is 0. The summed E-state index contributed by atoms with van der Waals surface area (Å²) in [4.78, 5) is 11.8. The molecule has 1 aliphatic carbocycles. The van der Waals surface area contributed by atoms with E-state index in [4.69, 9.17) is 0 Å². The van der Waals surface area contributed by atoms with Crippen molar-refractivity contribution in [3.63, 3.8) is 0 Å². The minimum Gasteiger partial charge on any atom is -0.355 e. The zero-order chi connectivity index (χ0) is 12.9. The zero-order valence-corrected chi connectivity index (χ0v) is 13.0. The van der Waals surface area contributed by atoms with Crippen LogP contribution in [-0.4, -0.2) is 26.0 Å². The Morgan fingerprint density at radius 1 is 1.28 bits per heavy atom. The number of hydrogen-bond acceptors (Lipinski definition) is 2. The molecule has 3 nitrogen and oxygen atoms in total. The van der Waals surface area contributed by atoms with Crippen molar-refractivity contribution in [1.82, 2.24) is 10.6 Å². The van der Waals surface area contributed by atoms with E-state index in [0.29, 0.717) is 17.8 Å². The molecular weight excluding hydrogens is 248 g/mol. The summed E-state index contributed by atoms with van der Waals surface area (Å²) in [7, 11) is 1.90. The molecule has 0 saturated heterocycles. The van der Waals surface area contributed by atoms with E-state index in [1.54, 1.807) is 0 Å². The lowest BCUT2D eigenvalue weighted by Crippen LogP contribution is -2.34. The molecule has 0 aromatic rings. The summed E-state index contributed by atoms with van der Waals surface area (Å²) >= 11 is 0. The minimum absolute atomic E-state index is 0. The van der Waals surface area contributed by atoms with Crippen molar-refractivity contribution in [2.24, 2.45) is 17.3 Å². The van der Waals surface area contributed by atoms with Crippen LogP contribution in [0, 0.1) is 17.3 Å². The van der Waals surface area contributed by atoms with Gasteiger partial charge in [-0.3, -0.25) is 4.79 Å². The molecule has 0 bridgehead atoms. The van der Waals surface area contributed by atoms with E-state index >= 15 is 0 Å². The van der Waals surface area contributed by atoms with Crippen molar-refractivity contribution in [3.05, 3.63) is 0 Å². The summed E-state index contributed by atoms with van der Waals surface area (Å²) in [5.74, 6) is 1.55. The molecule has 4 heteroatoms. The maximum atomic E-state index is 11.8. The van der Waals surface area contributed by atoms with Gasteiger partial charge in [-0.2, -0.15) is 0 Å². The van der Waals surface area contributed by atoms with Crippen molar-refractivity contribution in [3.8, 4) is 0 Å². The lowest BCUT2D eigenvalue weighted by molar-refractivity contribution is -0.122. The van der Waals surface area contributed by atoms with Crippen molar-refractivity contribution >= 4 is 18.3 Å². The predicted molar refractivity (Wildman–Crippen MR) is 79.1 cm³/mol. The van der Waals surface area contributed by atoms with Crippen LogP contribution in [-0.2, 0) is 4.79 Å². The Morgan fingerprint density at radius 2 is 1.94 bits per heavy atom. The molecule has 1 amide bonds. The number of halogens is 1. The first-order chi connectivity index (χ1) is 7.93. The van der Waals surface area contributed by atoms with Crippen LogP contribution in [0.3, 0.4) is 0 Å². The van der Waals surface area contributed by atoms with Crippen molar-refractivity contribution in [2.75, 3.05) is 20.1 Å². The molecule has 1 rings (SSSR count). The molecular formula is C14H29ClN2O. The van der Waals surface area contributed by atoms with Crippen molar-refractivity contribution < 1.29 is 4.79 Å². The third kappa shape index (κ3) is 6.60. The second kappa shape index (κ2) is 8.00. The SMILES string of the molecule is CNCCNC(=O)CC1CC(C)CC(C)(C)C1.Cl.